The predicted molar refractivity (Wildman–Crippen MR) is 74.9 cm³/mol. The minimum Gasteiger partial charge on any atom is -0.382 e. The lowest BCUT2D eigenvalue weighted by Gasteiger charge is -2.37. The first-order valence-corrected chi connectivity index (χ1v) is 7.29. The maximum Gasteiger partial charge on any atom is 0.0956 e. The van der Waals surface area contributed by atoms with Crippen molar-refractivity contribution < 1.29 is 9.47 Å². The van der Waals surface area contributed by atoms with Crippen LogP contribution in [0, 0.1) is 0 Å². The Morgan fingerprint density at radius 3 is 3.06 bits per heavy atom. The van der Waals surface area contributed by atoms with Gasteiger partial charge in [-0.15, -0.1) is 0 Å². The molecule has 2 atom stereocenters. The van der Waals surface area contributed by atoms with E-state index in [1.807, 2.05) is 6.07 Å². The minimum absolute atomic E-state index is 0.0259. The molecular formula is C14H18BrNO2. The van der Waals surface area contributed by atoms with Crippen LogP contribution < -0.4 is 5.32 Å². The number of anilines is 1. The highest BCUT2D eigenvalue weighted by molar-refractivity contribution is 9.10. The average Bonchev–Trinajstić information content (AvgIpc) is 2.77. The van der Waals surface area contributed by atoms with Crippen molar-refractivity contribution >= 4 is 21.6 Å². The fourth-order valence-corrected chi connectivity index (χ4v) is 3.23. The third-order valence-corrected chi connectivity index (χ3v) is 4.25. The molecule has 2 aliphatic rings. The Hall–Kier alpha value is -0.580. The largest absolute Gasteiger partial charge is 0.382 e. The summed E-state index contributed by atoms with van der Waals surface area (Å²) in [5.41, 5.74) is 1.15. The molecule has 1 spiro atoms. The number of rotatable bonds is 2. The number of hydrogen-bond donors (Lipinski definition) is 1. The van der Waals surface area contributed by atoms with E-state index in [9.17, 15) is 0 Å². The molecule has 2 saturated heterocycles. The van der Waals surface area contributed by atoms with Crippen LogP contribution in [-0.2, 0) is 9.47 Å². The predicted octanol–water partition coefficient (Wildman–Crippen LogP) is 3.20. The van der Waals surface area contributed by atoms with Crippen molar-refractivity contribution in [3.05, 3.63) is 28.7 Å². The molecule has 0 saturated carbocycles. The van der Waals surface area contributed by atoms with E-state index in [-0.39, 0.29) is 5.60 Å². The van der Waals surface area contributed by atoms with Crippen molar-refractivity contribution in [1.82, 2.24) is 0 Å². The van der Waals surface area contributed by atoms with Gasteiger partial charge in [-0.1, -0.05) is 22.0 Å². The van der Waals surface area contributed by atoms with Crippen molar-refractivity contribution in [3.8, 4) is 0 Å². The van der Waals surface area contributed by atoms with Gasteiger partial charge in [0.15, 0.2) is 0 Å². The fraction of sp³-hybridized carbons (Fsp3) is 0.571. The molecule has 18 heavy (non-hydrogen) atoms. The van der Waals surface area contributed by atoms with Gasteiger partial charge in [-0.05, 0) is 31.0 Å². The van der Waals surface area contributed by atoms with E-state index in [0.717, 1.165) is 43.6 Å². The minimum atomic E-state index is -0.0259. The summed E-state index contributed by atoms with van der Waals surface area (Å²) in [6, 6.07) is 8.81. The monoisotopic (exact) mass is 311 g/mol. The molecule has 0 bridgehead atoms. The van der Waals surface area contributed by atoms with Crippen LogP contribution in [0.3, 0.4) is 0 Å². The van der Waals surface area contributed by atoms with Crippen LogP contribution in [0.5, 0.6) is 0 Å². The summed E-state index contributed by atoms with van der Waals surface area (Å²) in [6.45, 7) is 2.42. The molecule has 2 unspecified atom stereocenters. The van der Waals surface area contributed by atoms with Gasteiger partial charge in [0.1, 0.15) is 0 Å². The molecule has 1 aromatic rings. The van der Waals surface area contributed by atoms with Crippen LogP contribution in [0.1, 0.15) is 19.3 Å². The molecular weight excluding hydrogens is 294 g/mol. The van der Waals surface area contributed by atoms with Gasteiger partial charge in [-0.3, -0.25) is 0 Å². The van der Waals surface area contributed by atoms with Crippen LogP contribution >= 0.6 is 15.9 Å². The molecule has 0 amide bonds. The molecule has 1 aromatic carbocycles. The first-order chi connectivity index (χ1) is 8.76. The zero-order chi connectivity index (χ0) is 12.4. The van der Waals surface area contributed by atoms with Crippen LogP contribution in [-0.4, -0.2) is 31.5 Å². The topological polar surface area (TPSA) is 30.5 Å². The first kappa shape index (κ1) is 12.5. The van der Waals surface area contributed by atoms with E-state index in [1.165, 1.54) is 5.69 Å². The molecule has 1 N–H and O–H groups in total. The Bertz CT molecular complexity index is 418. The zero-order valence-electron chi connectivity index (χ0n) is 10.3. The Morgan fingerprint density at radius 1 is 1.33 bits per heavy atom. The van der Waals surface area contributed by atoms with E-state index in [0.29, 0.717) is 6.04 Å². The third-order valence-electron chi connectivity index (χ3n) is 3.76. The van der Waals surface area contributed by atoms with Gasteiger partial charge in [0.05, 0.1) is 12.2 Å². The SMILES string of the molecule is Brc1cccc(NC2CCOC3(CCOC3)C2)c1. The zero-order valence-corrected chi connectivity index (χ0v) is 11.9. The molecule has 98 valence electrons. The Labute approximate surface area is 116 Å². The van der Waals surface area contributed by atoms with Crippen LogP contribution in [0.15, 0.2) is 28.7 Å². The van der Waals surface area contributed by atoms with Gasteiger partial charge >= 0.3 is 0 Å². The highest BCUT2D eigenvalue weighted by atomic mass is 79.9. The molecule has 3 rings (SSSR count). The van der Waals surface area contributed by atoms with Crippen molar-refractivity contribution in [1.29, 1.82) is 0 Å². The summed E-state index contributed by atoms with van der Waals surface area (Å²) in [5.74, 6) is 0. The number of halogens is 1. The van der Waals surface area contributed by atoms with E-state index in [2.05, 4.69) is 39.4 Å². The summed E-state index contributed by atoms with van der Waals surface area (Å²) in [7, 11) is 0. The molecule has 2 heterocycles. The Kier molecular flexibility index (Phi) is 3.59. The normalized spacial score (nSPS) is 31.7. The van der Waals surface area contributed by atoms with E-state index in [4.69, 9.17) is 9.47 Å². The van der Waals surface area contributed by atoms with Gasteiger partial charge < -0.3 is 14.8 Å². The lowest BCUT2D eigenvalue weighted by atomic mass is 9.89. The summed E-state index contributed by atoms with van der Waals surface area (Å²) < 4.78 is 12.5. The second-order valence-electron chi connectivity index (χ2n) is 5.18. The molecule has 0 aromatic heterocycles. The molecule has 2 aliphatic heterocycles. The van der Waals surface area contributed by atoms with Gasteiger partial charge in [0, 0.05) is 35.8 Å². The van der Waals surface area contributed by atoms with Crippen molar-refractivity contribution in [3.63, 3.8) is 0 Å². The lowest BCUT2D eigenvalue weighted by Crippen LogP contribution is -2.44. The standard InChI is InChI=1S/C14H18BrNO2/c15-11-2-1-3-12(8-11)16-13-4-6-18-14(9-13)5-7-17-10-14/h1-3,8,13,16H,4-7,9-10H2. The van der Waals surface area contributed by atoms with E-state index >= 15 is 0 Å². The smallest absolute Gasteiger partial charge is 0.0956 e. The van der Waals surface area contributed by atoms with Gasteiger partial charge in [-0.2, -0.15) is 0 Å². The van der Waals surface area contributed by atoms with Crippen molar-refractivity contribution in [2.45, 2.75) is 30.9 Å². The Morgan fingerprint density at radius 2 is 2.28 bits per heavy atom. The number of hydrogen-bond acceptors (Lipinski definition) is 3. The van der Waals surface area contributed by atoms with Crippen LogP contribution in [0.4, 0.5) is 5.69 Å². The summed E-state index contributed by atoms with van der Waals surface area (Å²) in [5, 5.41) is 3.61. The fourth-order valence-electron chi connectivity index (χ4n) is 2.83. The summed E-state index contributed by atoms with van der Waals surface area (Å²) in [6.07, 6.45) is 3.14. The number of nitrogens with one attached hydrogen (secondary N) is 1. The average molecular weight is 312 g/mol. The first-order valence-electron chi connectivity index (χ1n) is 6.50. The van der Waals surface area contributed by atoms with Crippen LogP contribution in [0.25, 0.3) is 0 Å². The highest BCUT2D eigenvalue weighted by Gasteiger charge is 2.40. The lowest BCUT2D eigenvalue weighted by molar-refractivity contribution is -0.0828. The number of ether oxygens (including phenoxy) is 2. The van der Waals surface area contributed by atoms with Crippen molar-refractivity contribution in [2.75, 3.05) is 25.1 Å². The number of benzene rings is 1. The van der Waals surface area contributed by atoms with Crippen molar-refractivity contribution in [2.24, 2.45) is 0 Å². The quantitative estimate of drug-likeness (QED) is 0.910. The molecule has 3 nitrogen and oxygen atoms in total. The molecule has 0 aliphatic carbocycles. The van der Waals surface area contributed by atoms with Gasteiger partial charge in [0.25, 0.3) is 0 Å². The maximum atomic E-state index is 5.94. The van der Waals surface area contributed by atoms with E-state index in [1.54, 1.807) is 0 Å². The Balaban J connectivity index is 1.66. The molecule has 0 radical (unpaired) electrons. The van der Waals surface area contributed by atoms with Crippen LogP contribution in [0.2, 0.25) is 0 Å². The van der Waals surface area contributed by atoms with E-state index < -0.39 is 0 Å². The van der Waals surface area contributed by atoms with Gasteiger partial charge in [-0.25, -0.2) is 0 Å². The van der Waals surface area contributed by atoms with Gasteiger partial charge in [0.2, 0.25) is 0 Å². The molecule has 4 heteroatoms. The highest BCUT2D eigenvalue weighted by Crippen LogP contribution is 2.34. The summed E-state index contributed by atoms with van der Waals surface area (Å²) in [4.78, 5) is 0. The third kappa shape index (κ3) is 2.71. The maximum absolute atomic E-state index is 5.94. The summed E-state index contributed by atoms with van der Waals surface area (Å²) >= 11 is 3.50. The second kappa shape index (κ2) is 5.19. The second-order valence-corrected chi connectivity index (χ2v) is 6.09. The molecule has 2 fully saturated rings.